The molecule has 2 heterocycles. The van der Waals surface area contributed by atoms with Crippen LogP contribution >= 0.6 is 0 Å². The van der Waals surface area contributed by atoms with Crippen LogP contribution in [-0.2, 0) is 4.74 Å². The van der Waals surface area contributed by atoms with E-state index in [-0.39, 0.29) is 5.56 Å². The summed E-state index contributed by atoms with van der Waals surface area (Å²) >= 11 is 0. The molecule has 3 heteroatoms. The topological polar surface area (TPSA) is 42.1 Å². The van der Waals surface area contributed by atoms with Crippen molar-refractivity contribution in [2.24, 2.45) is 0 Å². The fraction of sp³-hybridized carbons (Fsp3) is 0.125. The van der Waals surface area contributed by atoms with Gasteiger partial charge >= 0.3 is 0 Å². The molecule has 1 aromatic heterocycles. The van der Waals surface area contributed by atoms with Gasteiger partial charge in [-0.25, -0.2) is 0 Å². The van der Waals surface area contributed by atoms with Gasteiger partial charge in [0.1, 0.15) is 6.61 Å². The largest absolute Gasteiger partial charge is 0.496 e. The molecule has 1 N–H and O–H groups in total. The predicted molar refractivity (Wildman–Crippen MR) is 41.2 cm³/mol. The van der Waals surface area contributed by atoms with Crippen molar-refractivity contribution in [2.75, 3.05) is 6.61 Å². The number of fused-ring (bicyclic) bond motifs is 1. The number of ether oxygens (including phenoxy) is 1. The Hall–Kier alpha value is -1.51. The van der Waals surface area contributed by atoms with Gasteiger partial charge in [-0.05, 0) is 12.1 Å². The normalized spacial score (nSPS) is 13.8. The third kappa shape index (κ3) is 1.05. The SMILES string of the molecule is O=c1ccc2c([nH]1)=CCOC=2. The standard InChI is InChI=1S/C8H7NO2/c10-8-2-1-6-5-11-4-3-7(6)9-8/h1-3,5H,4H2,(H,9,10). The summed E-state index contributed by atoms with van der Waals surface area (Å²) in [6.07, 6.45) is 3.49. The molecule has 1 aliphatic rings. The zero-order chi connectivity index (χ0) is 7.68. The summed E-state index contributed by atoms with van der Waals surface area (Å²) in [7, 11) is 0. The Balaban J connectivity index is 2.90. The molecule has 0 atom stereocenters. The van der Waals surface area contributed by atoms with Crippen molar-refractivity contribution in [1.29, 1.82) is 0 Å². The molecule has 2 rings (SSSR count). The number of H-pyrrole nitrogens is 1. The monoisotopic (exact) mass is 149 g/mol. The molecule has 0 amide bonds. The Kier molecular flexibility index (Phi) is 1.28. The molecule has 3 nitrogen and oxygen atoms in total. The first-order chi connectivity index (χ1) is 5.36. The van der Waals surface area contributed by atoms with Gasteiger partial charge in [-0.2, -0.15) is 0 Å². The second-order valence-electron chi connectivity index (χ2n) is 2.35. The lowest BCUT2D eigenvalue weighted by Gasteiger charge is -2.00. The van der Waals surface area contributed by atoms with E-state index in [1.165, 1.54) is 6.07 Å². The Morgan fingerprint density at radius 3 is 3.27 bits per heavy atom. The van der Waals surface area contributed by atoms with Crippen LogP contribution in [0.2, 0.25) is 0 Å². The van der Waals surface area contributed by atoms with E-state index in [0.717, 1.165) is 10.6 Å². The molecule has 0 saturated heterocycles. The first kappa shape index (κ1) is 6.22. The van der Waals surface area contributed by atoms with Crippen LogP contribution in [0.15, 0.2) is 16.9 Å². The molecule has 0 saturated carbocycles. The first-order valence-electron chi connectivity index (χ1n) is 3.37. The van der Waals surface area contributed by atoms with Crippen molar-refractivity contribution in [2.45, 2.75) is 0 Å². The summed E-state index contributed by atoms with van der Waals surface area (Å²) in [5.74, 6) is 0. The van der Waals surface area contributed by atoms with Gasteiger partial charge in [0.05, 0.1) is 11.6 Å². The van der Waals surface area contributed by atoms with Crippen molar-refractivity contribution >= 4 is 12.3 Å². The number of rotatable bonds is 0. The smallest absolute Gasteiger partial charge is 0.248 e. The highest BCUT2D eigenvalue weighted by Gasteiger charge is 1.92. The molecule has 0 aliphatic carbocycles. The number of aromatic nitrogens is 1. The molecule has 0 spiro atoms. The highest BCUT2D eigenvalue weighted by molar-refractivity contribution is 5.29. The van der Waals surface area contributed by atoms with Crippen LogP contribution in [-0.4, -0.2) is 11.6 Å². The number of hydrogen-bond acceptors (Lipinski definition) is 2. The number of pyridine rings is 1. The van der Waals surface area contributed by atoms with E-state index in [2.05, 4.69) is 4.98 Å². The quantitative estimate of drug-likeness (QED) is 0.510. The van der Waals surface area contributed by atoms with Gasteiger partial charge in [-0.3, -0.25) is 4.79 Å². The maximum absolute atomic E-state index is 10.8. The van der Waals surface area contributed by atoms with E-state index in [1.54, 1.807) is 12.3 Å². The van der Waals surface area contributed by atoms with Crippen LogP contribution in [0.5, 0.6) is 0 Å². The van der Waals surface area contributed by atoms with Gasteiger partial charge in [0.15, 0.2) is 0 Å². The summed E-state index contributed by atoms with van der Waals surface area (Å²) < 4.78 is 5.03. The third-order valence-corrected chi connectivity index (χ3v) is 1.58. The van der Waals surface area contributed by atoms with Crippen molar-refractivity contribution in [1.82, 2.24) is 4.98 Å². The molecule has 0 bridgehead atoms. The summed E-state index contributed by atoms with van der Waals surface area (Å²) in [6, 6.07) is 3.22. The molecular formula is C8H7NO2. The average molecular weight is 149 g/mol. The fourth-order valence-electron chi connectivity index (χ4n) is 1.04. The van der Waals surface area contributed by atoms with Crippen molar-refractivity contribution in [3.05, 3.63) is 33.1 Å². The van der Waals surface area contributed by atoms with E-state index in [1.807, 2.05) is 6.08 Å². The minimum atomic E-state index is -0.0738. The van der Waals surface area contributed by atoms with Crippen molar-refractivity contribution in [3.8, 4) is 0 Å². The van der Waals surface area contributed by atoms with E-state index < -0.39 is 0 Å². The van der Waals surface area contributed by atoms with E-state index >= 15 is 0 Å². The summed E-state index contributed by atoms with van der Waals surface area (Å²) in [5, 5.41) is 1.78. The van der Waals surface area contributed by atoms with E-state index in [4.69, 9.17) is 4.74 Å². The maximum atomic E-state index is 10.8. The summed E-state index contributed by atoms with van der Waals surface area (Å²) in [4.78, 5) is 13.5. The minimum Gasteiger partial charge on any atom is -0.496 e. The lowest BCUT2D eigenvalue weighted by molar-refractivity contribution is 0.345. The molecule has 1 aromatic rings. The molecule has 0 radical (unpaired) electrons. The summed E-state index contributed by atoms with van der Waals surface area (Å²) in [5.41, 5.74) is -0.0738. The van der Waals surface area contributed by atoms with Crippen LogP contribution < -0.4 is 16.1 Å². The predicted octanol–water partition coefficient (Wildman–Crippen LogP) is -1.08. The van der Waals surface area contributed by atoms with Crippen LogP contribution in [0.4, 0.5) is 0 Å². The van der Waals surface area contributed by atoms with Gasteiger partial charge in [-0.1, -0.05) is 0 Å². The lowest BCUT2D eigenvalue weighted by atomic mass is 10.3. The molecule has 0 aromatic carbocycles. The molecule has 1 aliphatic heterocycles. The van der Waals surface area contributed by atoms with Gasteiger partial charge in [-0.15, -0.1) is 0 Å². The van der Waals surface area contributed by atoms with E-state index in [0.29, 0.717) is 6.61 Å². The Labute approximate surface area is 62.6 Å². The van der Waals surface area contributed by atoms with Crippen molar-refractivity contribution < 1.29 is 4.74 Å². The second-order valence-corrected chi connectivity index (χ2v) is 2.35. The fourth-order valence-corrected chi connectivity index (χ4v) is 1.04. The van der Waals surface area contributed by atoms with Crippen LogP contribution in [0, 0.1) is 0 Å². The Bertz CT molecular complexity index is 430. The highest BCUT2D eigenvalue weighted by Crippen LogP contribution is 1.78. The van der Waals surface area contributed by atoms with E-state index in [9.17, 15) is 4.79 Å². The third-order valence-electron chi connectivity index (χ3n) is 1.58. The first-order valence-corrected chi connectivity index (χ1v) is 3.37. The van der Waals surface area contributed by atoms with Gasteiger partial charge in [0.2, 0.25) is 5.56 Å². The minimum absolute atomic E-state index is 0.0738. The zero-order valence-corrected chi connectivity index (χ0v) is 5.83. The van der Waals surface area contributed by atoms with Gasteiger partial charge < -0.3 is 9.72 Å². The van der Waals surface area contributed by atoms with Crippen molar-refractivity contribution in [3.63, 3.8) is 0 Å². The van der Waals surface area contributed by atoms with Gasteiger partial charge in [0.25, 0.3) is 0 Å². The molecule has 0 fully saturated rings. The Morgan fingerprint density at radius 1 is 1.45 bits per heavy atom. The second kappa shape index (κ2) is 2.27. The Morgan fingerprint density at radius 2 is 2.36 bits per heavy atom. The molecule has 56 valence electrons. The van der Waals surface area contributed by atoms with Crippen LogP contribution in [0.25, 0.3) is 12.3 Å². The molecule has 11 heavy (non-hydrogen) atoms. The van der Waals surface area contributed by atoms with Crippen LogP contribution in [0.1, 0.15) is 0 Å². The summed E-state index contributed by atoms with van der Waals surface area (Å²) in [6.45, 7) is 0.535. The van der Waals surface area contributed by atoms with Crippen LogP contribution in [0.3, 0.4) is 0 Å². The molecule has 0 unspecified atom stereocenters. The highest BCUT2D eigenvalue weighted by atomic mass is 16.5. The number of nitrogens with one attached hydrogen (secondary N) is 1. The zero-order valence-electron chi connectivity index (χ0n) is 5.83. The lowest BCUT2D eigenvalue weighted by Crippen LogP contribution is -2.35. The number of aromatic amines is 1. The number of hydrogen-bond donors (Lipinski definition) is 1. The molecular weight excluding hydrogens is 142 g/mol. The average Bonchev–Trinajstić information content (AvgIpc) is 2.04. The maximum Gasteiger partial charge on any atom is 0.248 e. The van der Waals surface area contributed by atoms with Gasteiger partial charge in [0, 0.05) is 11.3 Å².